The maximum atomic E-state index is 13.6. The molecule has 0 amide bonds. The highest BCUT2D eigenvalue weighted by atomic mass is 19.1. The summed E-state index contributed by atoms with van der Waals surface area (Å²) in [4.78, 5) is 7.54. The van der Waals surface area contributed by atoms with Crippen LogP contribution in [0, 0.1) is 23.6 Å². The van der Waals surface area contributed by atoms with Crippen molar-refractivity contribution in [2.24, 2.45) is 17.8 Å². The lowest BCUT2D eigenvalue weighted by Gasteiger charge is -2.39. The van der Waals surface area contributed by atoms with Crippen LogP contribution in [0.1, 0.15) is 19.3 Å². The lowest BCUT2D eigenvalue weighted by molar-refractivity contribution is 0.0948. The SMILES string of the molecule is CN1CCN(C[C@@H]2CCC[C@@H]3CN(c4cccc(F)c4)C[C@@H]32)CC1. The fraction of sp³-hybridized carbons (Fsp3) is 0.700. The predicted molar refractivity (Wildman–Crippen MR) is 96.9 cm³/mol. The highest BCUT2D eigenvalue weighted by Crippen LogP contribution is 2.42. The summed E-state index contributed by atoms with van der Waals surface area (Å²) >= 11 is 0. The van der Waals surface area contributed by atoms with Crippen molar-refractivity contribution < 1.29 is 4.39 Å². The first-order chi connectivity index (χ1) is 11.7. The van der Waals surface area contributed by atoms with Crippen molar-refractivity contribution in [3.63, 3.8) is 0 Å². The summed E-state index contributed by atoms with van der Waals surface area (Å²) in [5, 5.41) is 0. The molecule has 2 heterocycles. The summed E-state index contributed by atoms with van der Waals surface area (Å²) in [7, 11) is 2.22. The van der Waals surface area contributed by atoms with E-state index in [0.717, 1.165) is 36.5 Å². The minimum atomic E-state index is -0.114. The van der Waals surface area contributed by atoms with Crippen LogP contribution in [0.15, 0.2) is 24.3 Å². The molecule has 2 aliphatic heterocycles. The average molecular weight is 331 g/mol. The largest absolute Gasteiger partial charge is 0.371 e. The van der Waals surface area contributed by atoms with Gasteiger partial charge in [0.2, 0.25) is 0 Å². The van der Waals surface area contributed by atoms with Gasteiger partial charge in [-0.25, -0.2) is 4.39 Å². The van der Waals surface area contributed by atoms with Crippen LogP contribution in [-0.2, 0) is 0 Å². The molecule has 3 nitrogen and oxygen atoms in total. The third-order valence-corrected chi connectivity index (χ3v) is 6.51. The van der Waals surface area contributed by atoms with Crippen LogP contribution in [0.25, 0.3) is 0 Å². The van der Waals surface area contributed by atoms with E-state index >= 15 is 0 Å². The van der Waals surface area contributed by atoms with E-state index in [1.165, 1.54) is 52.0 Å². The predicted octanol–water partition coefficient (Wildman–Crippen LogP) is 2.93. The summed E-state index contributed by atoms with van der Waals surface area (Å²) in [6, 6.07) is 7.15. The first kappa shape index (κ1) is 16.3. The fourth-order valence-corrected chi connectivity index (χ4v) is 5.06. The molecule has 4 heteroatoms. The number of benzene rings is 1. The number of piperazine rings is 1. The standard InChI is InChI=1S/C20H30FN3/c1-22-8-10-23(11-9-22)13-16-4-2-5-17-14-24(15-20(16)17)19-7-3-6-18(21)12-19/h3,6-7,12,16-17,20H,2,4-5,8-11,13-15H2,1H3/t16-,17+,20+/m0/s1. The lowest BCUT2D eigenvalue weighted by Crippen LogP contribution is -2.47. The molecular weight excluding hydrogens is 301 g/mol. The average Bonchev–Trinajstić information content (AvgIpc) is 3.02. The third kappa shape index (κ3) is 3.45. The number of hydrogen-bond acceptors (Lipinski definition) is 3. The van der Waals surface area contributed by atoms with E-state index < -0.39 is 0 Å². The Morgan fingerprint density at radius 3 is 2.71 bits per heavy atom. The minimum Gasteiger partial charge on any atom is -0.371 e. The van der Waals surface area contributed by atoms with E-state index in [-0.39, 0.29) is 5.82 Å². The Labute approximate surface area is 145 Å². The van der Waals surface area contributed by atoms with E-state index in [1.54, 1.807) is 12.1 Å². The molecule has 132 valence electrons. The van der Waals surface area contributed by atoms with Crippen molar-refractivity contribution >= 4 is 5.69 Å². The summed E-state index contributed by atoms with van der Waals surface area (Å²) in [5.41, 5.74) is 1.07. The molecule has 2 saturated heterocycles. The Balaban J connectivity index is 1.41. The van der Waals surface area contributed by atoms with Crippen LogP contribution in [-0.4, -0.2) is 62.7 Å². The Morgan fingerprint density at radius 2 is 1.92 bits per heavy atom. The number of hydrogen-bond donors (Lipinski definition) is 0. The second-order valence-corrected chi connectivity index (χ2v) is 8.10. The molecule has 0 spiro atoms. The van der Waals surface area contributed by atoms with Gasteiger partial charge in [0.25, 0.3) is 0 Å². The van der Waals surface area contributed by atoms with Gasteiger partial charge in [-0.15, -0.1) is 0 Å². The van der Waals surface area contributed by atoms with Crippen LogP contribution >= 0.6 is 0 Å². The second-order valence-electron chi connectivity index (χ2n) is 8.10. The van der Waals surface area contributed by atoms with Gasteiger partial charge in [0.05, 0.1) is 0 Å². The Bertz CT molecular complexity index is 556. The molecule has 0 unspecified atom stereocenters. The molecule has 0 aromatic heterocycles. The zero-order valence-electron chi connectivity index (χ0n) is 14.8. The number of anilines is 1. The van der Waals surface area contributed by atoms with E-state index in [4.69, 9.17) is 0 Å². The van der Waals surface area contributed by atoms with Crippen LogP contribution < -0.4 is 4.90 Å². The maximum Gasteiger partial charge on any atom is 0.125 e. The number of halogens is 1. The van der Waals surface area contributed by atoms with Crippen LogP contribution in [0.3, 0.4) is 0 Å². The Kier molecular flexibility index (Phi) is 4.77. The smallest absolute Gasteiger partial charge is 0.125 e. The van der Waals surface area contributed by atoms with Crippen molar-refractivity contribution in [3.8, 4) is 0 Å². The van der Waals surface area contributed by atoms with Gasteiger partial charge in [-0.2, -0.15) is 0 Å². The van der Waals surface area contributed by atoms with E-state index in [1.807, 2.05) is 6.07 Å². The first-order valence-corrected chi connectivity index (χ1v) is 9.60. The topological polar surface area (TPSA) is 9.72 Å². The molecule has 24 heavy (non-hydrogen) atoms. The summed E-state index contributed by atoms with van der Waals surface area (Å²) in [6.07, 6.45) is 4.11. The summed E-state index contributed by atoms with van der Waals surface area (Å²) in [6.45, 7) is 8.36. The highest BCUT2D eigenvalue weighted by Gasteiger charge is 2.40. The Hall–Kier alpha value is -1.13. The summed E-state index contributed by atoms with van der Waals surface area (Å²) < 4.78 is 13.6. The van der Waals surface area contributed by atoms with Crippen molar-refractivity contribution in [1.82, 2.24) is 9.80 Å². The van der Waals surface area contributed by atoms with Crippen LogP contribution in [0.5, 0.6) is 0 Å². The third-order valence-electron chi connectivity index (χ3n) is 6.51. The lowest BCUT2D eigenvalue weighted by atomic mass is 9.73. The van der Waals surface area contributed by atoms with Crippen LogP contribution in [0.4, 0.5) is 10.1 Å². The monoisotopic (exact) mass is 331 g/mol. The maximum absolute atomic E-state index is 13.6. The first-order valence-electron chi connectivity index (χ1n) is 9.60. The van der Waals surface area contributed by atoms with Crippen molar-refractivity contribution in [2.75, 3.05) is 57.8 Å². The number of likely N-dealkylation sites (N-methyl/N-ethyl adjacent to an activating group) is 1. The minimum absolute atomic E-state index is 0.114. The van der Waals surface area contributed by atoms with Gasteiger partial charge in [-0.3, -0.25) is 0 Å². The van der Waals surface area contributed by atoms with Gasteiger partial charge in [0.15, 0.2) is 0 Å². The van der Waals surface area contributed by atoms with Crippen molar-refractivity contribution in [1.29, 1.82) is 0 Å². The molecule has 0 N–H and O–H groups in total. The molecule has 4 rings (SSSR count). The van der Waals surface area contributed by atoms with Gasteiger partial charge in [-0.05, 0) is 55.8 Å². The Morgan fingerprint density at radius 1 is 1.08 bits per heavy atom. The fourth-order valence-electron chi connectivity index (χ4n) is 5.06. The second kappa shape index (κ2) is 7.01. The molecule has 1 aromatic carbocycles. The van der Waals surface area contributed by atoms with E-state index in [0.29, 0.717) is 0 Å². The molecule has 3 atom stereocenters. The van der Waals surface area contributed by atoms with Crippen molar-refractivity contribution in [2.45, 2.75) is 19.3 Å². The molecule has 3 fully saturated rings. The zero-order valence-corrected chi connectivity index (χ0v) is 14.8. The normalized spacial score (nSPS) is 32.1. The number of rotatable bonds is 3. The molecule has 3 aliphatic rings. The van der Waals surface area contributed by atoms with E-state index in [2.05, 4.69) is 27.8 Å². The van der Waals surface area contributed by atoms with Gasteiger partial charge < -0.3 is 14.7 Å². The molecule has 0 bridgehead atoms. The number of fused-ring (bicyclic) bond motifs is 1. The van der Waals surface area contributed by atoms with E-state index in [9.17, 15) is 4.39 Å². The van der Waals surface area contributed by atoms with Gasteiger partial charge in [0, 0.05) is 51.5 Å². The zero-order chi connectivity index (χ0) is 16.5. The van der Waals surface area contributed by atoms with Crippen molar-refractivity contribution in [3.05, 3.63) is 30.1 Å². The molecule has 0 radical (unpaired) electrons. The molecule has 1 aliphatic carbocycles. The molecule has 1 aromatic rings. The number of nitrogens with zero attached hydrogens (tertiary/aromatic N) is 3. The van der Waals surface area contributed by atoms with Gasteiger partial charge in [0.1, 0.15) is 5.82 Å². The molecular formula is C20H30FN3. The van der Waals surface area contributed by atoms with Crippen LogP contribution in [0.2, 0.25) is 0 Å². The summed E-state index contributed by atoms with van der Waals surface area (Å²) in [5.74, 6) is 2.31. The highest BCUT2D eigenvalue weighted by molar-refractivity contribution is 5.47. The van der Waals surface area contributed by atoms with Gasteiger partial charge in [-0.1, -0.05) is 12.5 Å². The quantitative estimate of drug-likeness (QED) is 0.843. The van der Waals surface area contributed by atoms with Gasteiger partial charge >= 0.3 is 0 Å². The molecule has 1 saturated carbocycles.